The van der Waals surface area contributed by atoms with Gasteiger partial charge in [0.1, 0.15) is 0 Å². The van der Waals surface area contributed by atoms with E-state index in [9.17, 15) is 4.79 Å². The molecule has 0 aromatic rings. The molecule has 0 N–H and O–H groups in total. The van der Waals surface area contributed by atoms with Crippen LogP contribution >= 0.6 is 0 Å². The molecule has 2 nitrogen and oxygen atoms in total. The molecule has 0 saturated heterocycles. The summed E-state index contributed by atoms with van der Waals surface area (Å²) in [5.41, 5.74) is 0. The third-order valence-electron chi connectivity index (χ3n) is 0.402. The topological polar surface area (TPSA) is 26.3 Å². The zero-order valence-corrected chi connectivity index (χ0v) is 8.19. The zero-order chi connectivity index (χ0) is 5.86. The van der Waals surface area contributed by atoms with Crippen molar-refractivity contribution < 1.29 is 7.87 Å². The first-order valence-electron chi connectivity index (χ1n) is 2.30. The predicted molar refractivity (Wildman–Crippen MR) is 30.6 cm³/mol. The van der Waals surface area contributed by atoms with Crippen molar-refractivity contribution in [3.05, 3.63) is 0 Å². The Morgan fingerprint density at radius 3 is 2.00 bits per heavy atom. The Balaban J connectivity index is 3.13. The first-order valence-corrected chi connectivity index (χ1v) is 10.2. The van der Waals surface area contributed by atoms with Crippen LogP contribution in [0.5, 0.6) is 0 Å². The molecule has 0 spiro atoms. The van der Waals surface area contributed by atoms with E-state index in [0.29, 0.717) is 0 Å². The van der Waals surface area contributed by atoms with Crippen LogP contribution in [-0.4, -0.2) is 26.1 Å². The fourth-order valence-electron chi connectivity index (χ4n) is 0.332. The van der Waals surface area contributed by atoms with Gasteiger partial charge in [0.2, 0.25) is 0 Å². The molecule has 0 bridgehead atoms. The molecule has 7 heavy (non-hydrogen) atoms. The number of hydrogen-bond acceptors (Lipinski definition) is 2. The summed E-state index contributed by atoms with van der Waals surface area (Å²) in [6.45, 7) is 1.46. The minimum absolute atomic E-state index is 0.120. The van der Waals surface area contributed by atoms with Gasteiger partial charge in [-0.15, -0.1) is 0 Å². The van der Waals surface area contributed by atoms with E-state index in [2.05, 4.69) is 0 Å². The summed E-state index contributed by atoms with van der Waals surface area (Å²) in [5.74, 6) is -0.120. The average molecular weight is 209 g/mol. The van der Waals surface area contributed by atoms with E-state index >= 15 is 0 Å². The fourth-order valence-corrected chi connectivity index (χ4v) is 2.23. The minimum atomic E-state index is -1.64. The van der Waals surface area contributed by atoms with Gasteiger partial charge in [-0.25, -0.2) is 0 Å². The van der Waals surface area contributed by atoms with Crippen molar-refractivity contribution in [1.82, 2.24) is 0 Å². The normalized spacial score (nSPS) is 9.14. The van der Waals surface area contributed by atoms with E-state index in [1.165, 1.54) is 6.92 Å². The van der Waals surface area contributed by atoms with Gasteiger partial charge in [-0.3, -0.25) is 0 Å². The Kier molecular flexibility index (Phi) is 3.42. The first kappa shape index (κ1) is 7.27. The van der Waals surface area contributed by atoms with Crippen LogP contribution in [-0.2, 0) is 7.87 Å². The Bertz CT molecular complexity index is 70.1. The molecule has 0 unspecified atom stereocenters. The quantitative estimate of drug-likeness (QED) is 0.588. The molecule has 0 aliphatic carbocycles. The van der Waals surface area contributed by atoms with E-state index in [4.69, 9.17) is 3.07 Å². The van der Waals surface area contributed by atoms with Gasteiger partial charge in [0.05, 0.1) is 0 Å². The summed E-state index contributed by atoms with van der Waals surface area (Å²) in [4.78, 5) is 14.1. The van der Waals surface area contributed by atoms with Crippen molar-refractivity contribution in [2.75, 3.05) is 0 Å². The average Bonchev–Trinajstić information content (AvgIpc) is 1.27. The van der Waals surface area contributed by atoms with E-state index in [1.54, 1.807) is 0 Å². The van der Waals surface area contributed by atoms with Gasteiger partial charge in [-0.05, 0) is 0 Å². The number of rotatable bonds is 1. The second-order valence-corrected chi connectivity index (χ2v) is 8.32. The van der Waals surface area contributed by atoms with Gasteiger partial charge in [0.25, 0.3) is 0 Å². The second-order valence-electron chi connectivity index (χ2n) is 1.66. The Hall–Kier alpha value is 0.269. The van der Waals surface area contributed by atoms with Crippen LogP contribution in [0.1, 0.15) is 6.92 Å². The Labute approximate surface area is 51.1 Å². The van der Waals surface area contributed by atoms with Crippen LogP contribution in [0.15, 0.2) is 0 Å². The molecule has 0 aromatic heterocycles. The van der Waals surface area contributed by atoms with Crippen molar-refractivity contribution in [2.45, 2.75) is 16.8 Å². The van der Waals surface area contributed by atoms with Crippen LogP contribution in [0.4, 0.5) is 0 Å². The molecular formula is C4H10O2Sn. The molecule has 3 heteroatoms. The van der Waals surface area contributed by atoms with Crippen molar-refractivity contribution in [3.63, 3.8) is 0 Å². The molecule has 0 fully saturated rings. The molecule has 0 atom stereocenters. The SMILES string of the molecule is CC(=O)[O][SnH]([CH3])[CH3]. The summed E-state index contributed by atoms with van der Waals surface area (Å²) in [7, 11) is 0. The third-order valence-corrected chi connectivity index (χ3v) is 2.69. The molecule has 0 aromatic carbocycles. The summed E-state index contributed by atoms with van der Waals surface area (Å²) in [5, 5.41) is 0. The van der Waals surface area contributed by atoms with Crippen LogP contribution < -0.4 is 0 Å². The zero-order valence-electron chi connectivity index (χ0n) is 4.89. The number of carbonyl (C=O) groups is 1. The van der Waals surface area contributed by atoms with Crippen molar-refractivity contribution in [3.8, 4) is 0 Å². The third kappa shape index (κ3) is 6.27. The molecule has 0 amide bonds. The molecule has 0 rings (SSSR count). The van der Waals surface area contributed by atoms with Gasteiger partial charge in [-0.2, -0.15) is 0 Å². The molecule has 0 saturated carbocycles. The maximum atomic E-state index is 10.1. The molecule has 0 aliphatic rings. The molecule has 0 heterocycles. The van der Waals surface area contributed by atoms with Crippen molar-refractivity contribution in [2.24, 2.45) is 0 Å². The van der Waals surface area contributed by atoms with Crippen LogP contribution in [0.25, 0.3) is 0 Å². The molecular weight excluding hydrogens is 199 g/mol. The summed E-state index contributed by atoms with van der Waals surface area (Å²) >= 11 is -1.64. The predicted octanol–water partition coefficient (Wildman–Crippen LogP) is 0.533. The van der Waals surface area contributed by atoms with Gasteiger partial charge in [0.15, 0.2) is 0 Å². The maximum absolute atomic E-state index is 10.1. The van der Waals surface area contributed by atoms with Crippen LogP contribution in [0.2, 0.25) is 9.88 Å². The molecule has 0 radical (unpaired) electrons. The van der Waals surface area contributed by atoms with E-state index < -0.39 is 20.2 Å². The van der Waals surface area contributed by atoms with Gasteiger partial charge < -0.3 is 0 Å². The second kappa shape index (κ2) is 3.29. The number of carbonyl (C=O) groups excluding carboxylic acids is 1. The van der Waals surface area contributed by atoms with Gasteiger partial charge >= 0.3 is 50.8 Å². The van der Waals surface area contributed by atoms with Gasteiger partial charge in [-0.1, -0.05) is 0 Å². The summed E-state index contributed by atoms with van der Waals surface area (Å²) in [6.07, 6.45) is 0. The van der Waals surface area contributed by atoms with Gasteiger partial charge in [0, 0.05) is 0 Å². The molecule has 0 aliphatic heterocycles. The van der Waals surface area contributed by atoms with Crippen molar-refractivity contribution >= 4 is 26.1 Å². The Morgan fingerprint density at radius 2 is 2.00 bits per heavy atom. The van der Waals surface area contributed by atoms with E-state index in [0.717, 1.165) is 0 Å². The fraction of sp³-hybridized carbons (Fsp3) is 0.750. The van der Waals surface area contributed by atoms with Crippen LogP contribution in [0, 0.1) is 0 Å². The summed E-state index contributed by atoms with van der Waals surface area (Å²) in [6, 6.07) is 0. The standard InChI is InChI=1S/C2H4O2.2CH3.Sn.H/c1-2(3)4;;;;/h1H3,(H,3,4);2*1H3;;/q;;;+1;/p-1. The van der Waals surface area contributed by atoms with E-state index in [1.807, 2.05) is 9.88 Å². The Morgan fingerprint density at radius 1 is 1.57 bits per heavy atom. The molecule has 42 valence electrons. The van der Waals surface area contributed by atoms with Crippen molar-refractivity contribution in [1.29, 1.82) is 0 Å². The first-order chi connectivity index (χ1) is 3.13. The van der Waals surface area contributed by atoms with E-state index in [-0.39, 0.29) is 5.97 Å². The number of hydrogen-bond donors (Lipinski definition) is 0. The summed E-state index contributed by atoms with van der Waals surface area (Å²) < 4.78 is 4.82. The van der Waals surface area contributed by atoms with Crippen LogP contribution in [0.3, 0.4) is 0 Å². The monoisotopic (exact) mass is 210 g/mol.